The summed E-state index contributed by atoms with van der Waals surface area (Å²) in [4.78, 5) is 0. The first kappa shape index (κ1) is 16.3. The van der Waals surface area contributed by atoms with Crippen LogP contribution in [0.4, 0.5) is 0 Å². The van der Waals surface area contributed by atoms with E-state index in [0.29, 0.717) is 0 Å². The molecule has 0 aliphatic rings. The van der Waals surface area contributed by atoms with Gasteiger partial charge in [0, 0.05) is 12.1 Å². The van der Waals surface area contributed by atoms with Crippen molar-refractivity contribution < 1.29 is 4.42 Å². The van der Waals surface area contributed by atoms with E-state index in [0.717, 1.165) is 13.1 Å². The van der Waals surface area contributed by atoms with E-state index in [1.807, 2.05) is 12.3 Å². The molecule has 110 valence electrons. The van der Waals surface area contributed by atoms with Crippen LogP contribution in [0.1, 0.15) is 76.7 Å². The molecule has 0 aliphatic carbocycles. The van der Waals surface area contributed by atoms with Crippen molar-refractivity contribution in [2.45, 2.75) is 77.7 Å². The molecule has 0 fully saturated rings. The van der Waals surface area contributed by atoms with Crippen molar-refractivity contribution in [1.29, 1.82) is 0 Å². The van der Waals surface area contributed by atoms with Gasteiger partial charge in [-0.05, 0) is 19.0 Å². The lowest BCUT2D eigenvalue weighted by molar-refractivity contribution is 0.540. The number of hydrogen-bond donors (Lipinski definition) is 1. The summed E-state index contributed by atoms with van der Waals surface area (Å²) in [6, 6.07) is 2.02. The van der Waals surface area contributed by atoms with Crippen molar-refractivity contribution in [2.24, 2.45) is 0 Å². The summed E-state index contributed by atoms with van der Waals surface area (Å²) in [6.07, 6.45) is 17.6. The lowest BCUT2D eigenvalue weighted by Crippen LogP contribution is -2.13. The van der Waals surface area contributed by atoms with Crippen molar-refractivity contribution in [3.05, 3.63) is 24.2 Å². The Morgan fingerprint density at radius 2 is 1.53 bits per heavy atom. The van der Waals surface area contributed by atoms with Crippen LogP contribution >= 0.6 is 0 Å². The highest BCUT2D eigenvalue weighted by Gasteiger charge is 1.94. The first-order valence-electron chi connectivity index (χ1n) is 8.15. The molecular weight excluding hydrogens is 234 g/mol. The monoisotopic (exact) mass is 265 g/mol. The van der Waals surface area contributed by atoms with E-state index in [-0.39, 0.29) is 0 Å². The third-order valence-corrected chi connectivity index (χ3v) is 3.62. The minimum absolute atomic E-state index is 0.938. The molecule has 0 saturated heterocycles. The van der Waals surface area contributed by atoms with Gasteiger partial charge in [0.1, 0.15) is 0 Å². The maximum absolute atomic E-state index is 5.03. The van der Waals surface area contributed by atoms with Crippen molar-refractivity contribution in [3.63, 3.8) is 0 Å². The zero-order valence-electron chi connectivity index (χ0n) is 12.6. The topological polar surface area (TPSA) is 25.2 Å². The molecule has 0 amide bonds. The van der Waals surface area contributed by atoms with Crippen LogP contribution in [0.25, 0.3) is 0 Å². The number of rotatable bonds is 13. The van der Waals surface area contributed by atoms with E-state index < -0.39 is 0 Å². The highest BCUT2D eigenvalue weighted by Crippen LogP contribution is 2.10. The molecule has 0 atom stereocenters. The Labute approximate surface area is 119 Å². The zero-order valence-corrected chi connectivity index (χ0v) is 12.6. The smallest absolute Gasteiger partial charge is 0.0947 e. The van der Waals surface area contributed by atoms with Crippen molar-refractivity contribution in [1.82, 2.24) is 5.32 Å². The molecule has 2 nitrogen and oxygen atoms in total. The Balaban J connectivity index is 1.72. The van der Waals surface area contributed by atoms with Gasteiger partial charge in [-0.3, -0.25) is 0 Å². The van der Waals surface area contributed by atoms with E-state index in [4.69, 9.17) is 4.42 Å². The SMILES string of the molecule is CCCCCCCCCCCCNCc1ccoc1. The van der Waals surface area contributed by atoms with Gasteiger partial charge < -0.3 is 9.73 Å². The molecular formula is C17H31NO. The molecule has 0 bridgehead atoms. The average molecular weight is 265 g/mol. The van der Waals surface area contributed by atoms with Crippen LogP contribution in [0.3, 0.4) is 0 Å². The average Bonchev–Trinajstić information content (AvgIpc) is 2.93. The van der Waals surface area contributed by atoms with Gasteiger partial charge in [0.2, 0.25) is 0 Å². The summed E-state index contributed by atoms with van der Waals surface area (Å²) < 4.78 is 5.03. The Bertz CT molecular complexity index is 269. The Morgan fingerprint density at radius 3 is 2.11 bits per heavy atom. The second-order valence-corrected chi connectivity index (χ2v) is 5.49. The molecule has 0 aliphatic heterocycles. The molecule has 1 rings (SSSR count). The summed E-state index contributed by atoms with van der Waals surface area (Å²) in [5.74, 6) is 0. The van der Waals surface area contributed by atoms with E-state index in [1.165, 1.54) is 69.8 Å². The fraction of sp³-hybridized carbons (Fsp3) is 0.765. The van der Waals surface area contributed by atoms with Gasteiger partial charge in [-0.2, -0.15) is 0 Å². The van der Waals surface area contributed by atoms with Crippen LogP contribution in [0, 0.1) is 0 Å². The number of unbranched alkanes of at least 4 members (excludes halogenated alkanes) is 9. The molecule has 1 heterocycles. The summed E-state index contributed by atoms with van der Waals surface area (Å²) in [5, 5.41) is 3.45. The lowest BCUT2D eigenvalue weighted by atomic mass is 10.1. The van der Waals surface area contributed by atoms with E-state index >= 15 is 0 Å². The number of nitrogens with one attached hydrogen (secondary N) is 1. The summed E-state index contributed by atoms with van der Waals surface area (Å²) >= 11 is 0. The first-order valence-corrected chi connectivity index (χ1v) is 8.15. The van der Waals surface area contributed by atoms with Crippen LogP contribution in [-0.4, -0.2) is 6.54 Å². The molecule has 0 saturated carbocycles. The van der Waals surface area contributed by atoms with Gasteiger partial charge in [0.05, 0.1) is 12.5 Å². The van der Waals surface area contributed by atoms with E-state index in [1.54, 1.807) is 6.26 Å². The van der Waals surface area contributed by atoms with Crippen molar-refractivity contribution in [2.75, 3.05) is 6.54 Å². The van der Waals surface area contributed by atoms with Gasteiger partial charge in [-0.15, -0.1) is 0 Å². The summed E-state index contributed by atoms with van der Waals surface area (Å²) in [7, 11) is 0. The molecule has 1 aromatic rings. The Morgan fingerprint density at radius 1 is 0.895 bits per heavy atom. The van der Waals surface area contributed by atoms with Crippen LogP contribution < -0.4 is 5.32 Å². The van der Waals surface area contributed by atoms with Crippen LogP contribution in [0.2, 0.25) is 0 Å². The van der Waals surface area contributed by atoms with Gasteiger partial charge >= 0.3 is 0 Å². The first-order chi connectivity index (χ1) is 9.43. The third kappa shape index (κ3) is 9.77. The van der Waals surface area contributed by atoms with Gasteiger partial charge in [0.25, 0.3) is 0 Å². The molecule has 0 unspecified atom stereocenters. The van der Waals surface area contributed by atoms with E-state index in [9.17, 15) is 0 Å². The normalized spacial score (nSPS) is 11.0. The molecule has 1 N–H and O–H groups in total. The lowest BCUT2D eigenvalue weighted by Gasteiger charge is -2.04. The fourth-order valence-electron chi connectivity index (χ4n) is 2.36. The van der Waals surface area contributed by atoms with Crippen LogP contribution in [0.5, 0.6) is 0 Å². The number of hydrogen-bond acceptors (Lipinski definition) is 2. The van der Waals surface area contributed by atoms with Crippen molar-refractivity contribution in [3.8, 4) is 0 Å². The standard InChI is InChI=1S/C17H31NO/c1-2-3-4-5-6-7-8-9-10-11-13-18-15-17-12-14-19-16-17/h12,14,16,18H,2-11,13,15H2,1H3. The molecule has 0 radical (unpaired) electrons. The van der Waals surface area contributed by atoms with Gasteiger partial charge in [-0.1, -0.05) is 64.7 Å². The van der Waals surface area contributed by atoms with Crippen LogP contribution in [-0.2, 0) is 6.54 Å². The third-order valence-electron chi connectivity index (χ3n) is 3.62. The zero-order chi connectivity index (χ0) is 13.6. The summed E-state index contributed by atoms with van der Waals surface area (Å²) in [6.45, 7) is 4.34. The number of furan rings is 1. The molecule has 0 aromatic carbocycles. The highest BCUT2D eigenvalue weighted by atomic mass is 16.3. The minimum atomic E-state index is 0.938. The maximum Gasteiger partial charge on any atom is 0.0947 e. The second kappa shape index (κ2) is 12.3. The fourth-order valence-corrected chi connectivity index (χ4v) is 2.36. The predicted octanol–water partition coefficient (Wildman–Crippen LogP) is 5.29. The minimum Gasteiger partial charge on any atom is -0.472 e. The molecule has 2 heteroatoms. The van der Waals surface area contributed by atoms with E-state index in [2.05, 4.69) is 12.2 Å². The van der Waals surface area contributed by atoms with Crippen molar-refractivity contribution >= 4 is 0 Å². The quantitative estimate of drug-likeness (QED) is 0.490. The van der Waals surface area contributed by atoms with Gasteiger partial charge in [0.15, 0.2) is 0 Å². The predicted molar refractivity (Wildman–Crippen MR) is 82.3 cm³/mol. The summed E-state index contributed by atoms with van der Waals surface area (Å²) in [5.41, 5.74) is 1.24. The second-order valence-electron chi connectivity index (χ2n) is 5.49. The Hall–Kier alpha value is -0.760. The largest absolute Gasteiger partial charge is 0.472 e. The maximum atomic E-state index is 5.03. The molecule has 0 spiro atoms. The molecule has 19 heavy (non-hydrogen) atoms. The van der Waals surface area contributed by atoms with Gasteiger partial charge in [-0.25, -0.2) is 0 Å². The Kier molecular flexibility index (Phi) is 10.5. The highest BCUT2D eigenvalue weighted by molar-refractivity contribution is 5.04. The van der Waals surface area contributed by atoms with Crippen LogP contribution in [0.15, 0.2) is 23.0 Å². The molecule has 1 aromatic heterocycles.